The van der Waals surface area contributed by atoms with Crippen molar-refractivity contribution in [3.8, 4) is 12.1 Å². The summed E-state index contributed by atoms with van der Waals surface area (Å²) in [7, 11) is 0. The maximum atomic E-state index is 9.21. The third kappa shape index (κ3) is 4.16. The van der Waals surface area contributed by atoms with E-state index in [1.54, 1.807) is 6.08 Å². The van der Waals surface area contributed by atoms with Gasteiger partial charge in [-0.05, 0) is 63.5 Å². The van der Waals surface area contributed by atoms with Crippen LogP contribution in [0.15, 0.2) is 94.7 Å². The van der Waals surface area contributed by atoms with Crippen molar-refractivity contribution in [2.24, 2.45) is 16.7 Å². The Hall–Kier alpha value is -3.10. The number of nitriles is 2. The Bertz CT molecular complexity index is 1050. The first-order chi connectivity index (χ1) is 15.5. The fourth-order valence-electron chi connectivity index (χ4n) is 5.36. The van der Waals surface area contributed by atoms with Gasteiger partial charge in [0.1, 0.15) is 17.7 Å². The molecular formula is C30H34N2. The van der Waals surface area contributed by atoms with E-state index in [1.807, 2.05) is 25.1 Å². The smallest absolute Gasteiger partial charge is 0.130 e. The molecule has 3 aliphatic carbocycles. The van der Waals surface area contributed by atoms with E-state index < -0.39 is 0 Å². The lowest BCUT2D eigenvalue weighted by molar-refractivity contribution is 0.183. The maximum Gasteiger partial charge on any atom is 0.130 e. The van der Waals surface area contributed by atoms with Gasteiger partial charge < -0.3 is 0 Å². The lowest BCUT2D eigenvalue weighted by atomic mass is 9.46. The van der Waals surface area contributed by atoms with Crippen LogP contribution in [0.2, 0.25) is 0 Å². The number of allylic oxidation sites excluding steroid dienone is 16. The molecule has 0 aromatic carbocycles. The van der Waals surface area contributed by atoms with Crippen molar-refractivity contribution in [2.45, 2.75) is 59.8 Å². The van der Waals surface area contributed by atoms with E-state index >= 15 is 0 Å². The van der Waals surface area contributed by atoms with E-state index in [0.29, 0.717) is 5.92 Å². The summed E-state index contributed by atoms with van der Waals surface area (Å²) < 4.78 is 0. The van der Waals surface area contributed by atoms with Gasteiger partial charge in [-0.25, -0.2) is 0 Å². The molecule has 3 rings (SSSR count). The number of hydrogen-bond acceptors (Lipinski definition) is 2. The van der Waals surface area contributed by atoms with Crippen LogP contribution in [0, 0.1) is 39.4 Å². The van der Waals surface area contributed by atoms with Crippen LogP contribution in [-0.2, 0) is 0 Å². The second-order valence-electron chi connectivity index (χ2n) is 9.19. The van der Waals surface area contributed by atoms with Crippen molar-refractivity contribution in [3.63, 3.8) is 0 Å². The highest BCUT2D eigenvalue weighted by Crippen LogP contribution is 2.64. The molecule has 2 heteroatoms. The molecule has 1 fully saturated rings. The number of hydrogen-bond donors (Lipinski definition) is 0. The van der Waals surface area contributed by atoms with E-state index in [2.05, 4.69) is 75.5 Å². The van der Waals surface area contributed by atoms with Crippen LogP contribution >= 0.6 is 0 Å². The minimum Gasteiger partial charge on any atom is -0.192 e. The van der Waals surface area contributed by atoms with Gasteiger partial charge in [0.15, 0.2) is 0 Å². The van der Waals surface area contributed by atoms with E-state index in [0.717, 1.165) is 37.7 Å². The van der Waals surface area contributed by atoms with Gasteiger partial charge in [-0.1, -0.05) is 91.3 Å². The molecule has 3 aliphatic rings. The fourth-order valence-corrected chi connectivity index (χ4v) is 5.36. The van der Waals surface area contributed by atoms with E-state index in [1.165, 1.54) is 16.7 Å². The normalized spacial score (nSPS) is 30.3. The summed E-state index contributed by atoms with van der Waals surface area (Å²) in [6, 6.07) is 3.98. The third-order valence-corrected chi connectivity index (χ3v) is 7.69. The molecule has 0 aliphatic heterocycles. The third-order valence-electron chi connectivity index (χ3n) is 7.69. The largest absolute Gasteiger partial charge is 0.192 e. The second kappa shape index (κ2) is 10.0. The molecule has 32 heavy (non-hydrogen) atoms. The van der Waals surface area contributed by atoms with Gasteiger partial charge >= 0.3 is 0 Å². The summed E-state index contributed by atoms with van der Waals surface area (Å²) in [6.45, 7) is 8.75. The summed E-state index contributed by atoms with van der Waals surface area (Å²) in [6.07, 6.45) is 29.7. The number of nitrogens with zero attached hydrogens (tertiary/aromatic N) is 2. The summed E-state index contributed by atoms with van der Waals surface area (Å²) in [4.78, 5) is 0. The zero-order valence-corrected chi connectivity index (χ0v) is 19.9. The Balaban J connectivity index is 2.13. The average molecular weight is 423 g/mol. The first-order valence-electron chi connectivity index (χ1n) is 11.8. The summed E-state index contributed by atoms with van der Waals surface area (Å²) in [5.74, 6) is 0.597. The molecule has 0 heterocycles. The molecule has 0 aromatic rings. The molecule has 0 radical (unpaired) electrons. The van der Waals surface area contributed by atoms with E-state index in [-0.39, 0.29) is 16.4 Å². The molecular weight excluding hydrogens is 388 g/mol. The van der Waals surface area contributed by atoms with Gasteiger partial charge in [0, 0.05) is 10.8 Å². The predicted octanol–water partition coefficient (Wildman–Crippen LogP) is 7.99. The Morgan fingerprint density at radius 1 is 1.06 bits per heavy atom. The van der Waals surface area contributed by atoms with Crippen molar-refractivity contribution in [3.05, 3.63) is 94.7 Å². The second-order valence-corrected chi connectivity index (χ2v) is 9.19. The highest BCUT2D eigenvalue weighted by molar-refractivity contribution is 5.53. The van der Waals surface area contributed by atoms with Crippen molar-refractivity contribution < 1.29 is 0 Å². The highest BCUT2D eigenvalue weighted by atomic mass is 14.6. The molecule has 0 amide bonds. The highest BCUT2D eigenvalue weighted by Gasteiger charge is 2.55. The summed E-state index contributed by atoms with van der Waals surface area (Å²) >= 11 is 0. The van der Waals surface area contributed by atoms with Gasteiger partial charge in [-0.15, -0.1) is 0 Å². The predicted molar refractivity (Wildman–Crippen MR) is 133 cm³/mol. The Morgan fingerprint density at radius 2 is 1.66 bits per heavy atom. The molecule has 0 N–H and O–H groups in total. The van der Waals surface area contributed by atoms with Gasteiger partial charge in [-0.2, -0.15) is 10.5 Å². The van der Waals surface area contributed by atoms with Gasteiger partial charge in [0.05, 0.1) is 0 Å². The summed E-state index contributed by atoms with van der Waals surface area (Å²) in [5, 5.41) is 18.4. The van der Waals surface area contributed by atoms with Crippen LogP contribution in [0.5, 0.6) is 0 Å². The van der Waals surface area contributed by atoms with Gasteiger partial charge in [-0.3, -0.25) is 0 Å². The molecule has 1 saturated carbocycles. The zero-order valence-electron chi connectivity index (χ0n) is 19.9. The van der Waals surface area contributed by atoms with Crippen LogP contribution in [0.4, 0.5) is 0 Å². The Labute approximate surface area is 194 Å². The minimum atomic E-state index is -0.0970. The Kier molecular flexibility index (Phi) is 7.37. The van der Waals surface area contributed by atoms with Gasteiger partial charge in [0.2, 0.25) is 0 Å². The molecule has 0 saturated heterocycles. The van der Waals surface area contributed by atoms with E-state index in [4.69, 9.17) is 0 Å². The van der Waals surface area contributed by atoms with Crippen LogP contribution < -0.4 is 0 Å². The van der Waals surface area contributed by atoms with Crippen molar-refractivity contribution in [1.29, 1.82) is 10.5 Å². The topological polar surface area (TPSA) is 47.6 Å². The van der Waals surface area contributed by atoms with Crippen LogP contribution in [0.1, 0.15) is 59.8 Å². The SMILES string of the molecule is CC=C(C=C(C#N)C#N)C=C1CCC(=CC=C(C)C(C)CC)C23C=CC=CC12CC=CC3. The first-order valence-corrected chi connectivity index (χ1v) is 11.8. The molecule has 3 atom stereocenters. The quantitative estimate of drug-likeness (QED) is 0.256. The fraction of sp³-hybridized carbons (Fsp3) is 0.400. The molecule has 2 nitrogen and oxygen atoms in total. The van der Waals surface area contributed by atoms with Crippen LogP contribution in [0.25, 0.3) is 0 Å². The molecule has 164 valence electrons. The average Bonchev–Trinajstić information content (AvgIpc) is 2.84. The summed E-state index contributed by atoms with van der Waals surface area (Å²) in [5.41, 5.74) is 5.26. The zero-order chi connectivity index (χ0) is 23.2. The molecule has 0 spiro atoms. The lowest BCUT2D eigenvalue weighted by Gasteiger charge is -2.56. The standard InChI is InChI=1S/C30H34N2/c1-5-23(3)24(4)11-12-27-13-14-28(20-25(6-2)19-26(21-31)22-32)30-17-9-7-15-29(27,30)16-8-10-18-30/h6-12,15,17,19-20,23H,5,13-14,16,18H2,1-4H3. The van der Waals surface area contributed by atoms with Gasteiger partial charge in [0.25, 0.3) is 0 Å². The van der Waals surface area contributed by atoms with E-state index in [9.17, 15) is 10.5 Å². The molecule has 0 aromatic heterocycles. The Morgan fingerprint density at radius 3 is 2.22 bits per heavy atom. The molecule has 3 unspecified atom stereocenters. The van der Waals surface area contributed by atoms with Crippen molar-refractivity contribution in [1.82, 2.24) is 0 Å². The number of rotatable bonds is 5. The minimum absolute atomic E-state index is 0.0529. The van der Waals surface area contributed by atoms with Crippen molar-refractivity contribution >= 4 is 0 Å². The molecule has 0 bridgehead atoms. The van der Waals surface area contributed by atoms with Crippen LogP contribution in [-0.4, -0.2) is 0 Å². The lowest BCUT2D eigenvalue weighted by Crippen LogP contribution is -2.47. The van der Waals surface area contributed by atoms with Crippen molar-refractivity contribution in [2.75, 3.05) is 0 Å². The monoisotopic (exact) mass is 422 g/mol. The van der Waals surface area contributed by atoms with Crippen LogP contribution in [0.3, 0.4) is 0 Å². The maximum absolute atomic E-state index is 9.21. The first kappa shape index (κ1) is 23.6.